The first-order chi connectivity index (χ1) is 7.98. The smallest absolute Gasteiger partial charge is 0.239 e. The van der Waals surface area contributed by atoms with E-state index in [1.54, 1.807) is 13.2 Å². The standard InChI is InChI=1S/C12H21N3O2/c1-5-17-11-9(13)6-7-10(14-11)15-12(2,3)8-16-4/h6-7H,5,8,13H2,1-4H3,(H,14,15). The van der Waals surface area contributed by atoms with E-state index in [1.807, 2.05) is 26.8 Å². The number of nitrogen functional groups attached to an aromatic ring is 1. The van der Waals surface area contributed by atoms with Gasteiger partial charge in [-0.3, -0.25) is 0 Å². The van der Waals surface area contributed by atoms with Crippen LogP contribution in [0.1, 0.15) is 20.8 Å². The topological polar surface area (TPSA) is 69.4 Å². The molecule has 0 aliphatic carbocycles. The molecular weight excluding hydrogens is 218 g/mol. The highest BCUT2D eigenvalue weighted by Crippen LogP contribution is 2.22. The van der Waals surface area contributed by atoms with E-state index in [1.165, 1.54) is 0 Å². The number of hydrogen-bond donors (Lipinski definition) is 2. The second kappa shape index (κ2) is 5.72. The third-order valence-corrected chi connectivity index (χ3v) is 2.14. The predicted molar refractivity (Wildman–Crippen MR) is 69.4 cm³/mol. The molecule has 1 heterocycles. The SMILES string of the molecule is CCOc1nc(NC(C)(C)COC)ccc1N. The van der Waals surface area contributed by atoms with Crippen LogP contribution in [-0.2, 0) is 4.74 Å². The highest BCUT2D eigenvalue weighted by molar-refractivity contribution is 5.54. The first-order valence-electron chi connectivity index (χ1n) is 5.65. The summed E-state index contributed by atoms with van der Waals surface area (Å²) in [5.41, 5.74) is 6.11. The van der Waals surface area contributed by atoms with E-state index in [2.05, 4.69) is 10.3 Å². The number of ether oxygens (including phenoxy) is 2. The highest BCUT2D eigenvalue weighted by atomic mass is 16.5. The molecule has 1 aromatic rings. The normalized spacial score (nSPS) is 11.3. The van der Waals surface area contributed by atoms with Crippen molar-refractivity contribution in [2.24, 2.45) is 0 Å². The van der Waals surface area contributed by atoms with E-state index in [0.717, 1.165) is 5.82 Å². The molecule has 96 valence electrons. The maximum atomic E-state index is 5.76. The Morgan fingerprint density at radius 1 is 1.41 bits per heavy atom. The average Bonchev–Trinajstić information content (AvgIpc) is 2.23. The largest absolute Gasteiger partial charge is 0.476 e. The van der Waals surface area contributed by atoms with Gasteiger partial charge >= 0.3 is 0 Å². The van der Waals surface area contributed by atoms with Gasteiger partial charge < -0.3 is 20.5 Å². The van der Waals surface area contributed by atoms with Gasteiger partial charge in [0.25, 0.3) is 0 Å². The zero-order valence-electron chi connectivity index (χ0n) is 10.9. The van der Waals surface area contributed by atoms with E-state index >= 15 is 0 Å². The number of aromatic nitrogens is 1. The van der Waals surface area contributed by atoms with Crippen molar-refractivity contribution in [1.82, 2.24) is 4.98 Å². The van der Waals surface area contributed by atoms with Gasteiger partial charge in [0.1, 0.15) is 5.82 Å². The summed E-state index contributed by atoms with van der Waals surface area (Å²) >= 11 is 0. The summed E-state index contributed by atoms with van der Waals surface area (Å²) < 4.78 is 10.5. The maximum Gasteiger partial charge on any atom is 0.239 e. The molecule has 0 bridgehead atoms. The lowest BCUT2D eigenvalue weighted by atomic mass is 10.1. The fourth-order valence-electron chi connectivity index (χ4n) is 1.52. The van der Waals surface area contributed by atoms with Crippen LogP contribution in [0.3, 0.4) is 0 Å². The lowest BCUT2D eigenvalue weighted by Gasteiger charge is -2.26. The number of pyridine rings is 1. The van der Waals surface area contributed by atoms with E-state index in [0.29, 0.717) is 24.8 Å². The molecule has 5 nitrogen and oxygen atoms in total. The monoisotopic (exact) mass is 239 g/mol. The van der Waals surface area contributed by atoms with Crippen molar-refractivity contribution < 1.29 is 9.47 Å². The van der Waals surface area contributed by atoms with Gasteiger partial charge in [-0.25, -0.2) is 0 Å². The van der Waals surface area contributed by atoms with Gasteiger partial charge in [0.05, 0.1) is 24.4 Å². The third kappa shape index (κ3) is 4.11. The van der Waals surface area contributed by atoms with Crippen LogP contribution in [0.5, 0.6) is 5.88 Å². The minimum absolute atomic E-state index is 0.193. The second-order valence-corrected chi connectivity index (χ2v) is 4.47. The Balaban J connectivity index is 2.81. The molecule has 0 amide bonds. The minimum Gasteiger partial charge on any atom is -0.476 e. The zero-order chi connectivity index (χ0) is 12.9. The second-order valence-electron chi connectivity index (χ2n) is 4.47. The molecule has 17 heavy (non-hydrogen) atoms. The van der Waals surface area contributed by atoms with E-state index in [4.69, 9.17) is 15.2 Å². The van der Waals surface area contributed by atoms with Gasteiger partial charge in [-0.2, -0.15) is 4.98 Å². The van der Waals surface area contributed by atoms with Crippen molar-refractivity contribution >= 4 is 11.5 Å². The third-order valence-electron chi connectivity index (χ3n) is 2.14. The highest BCUT2D eigenvalue weighted by Gasteiger charge is 2.18. The summed E-state index contributed by atoms with van der Waals surface area (Å²) in [6, 6.07) is 3.61. The zero-order valence-corrected chi connectivity index (χ0v) is 10.9. The van der Waals surface area contributed by atoms with Gasteiger partial charge in [0.15, 0.2) is 0 Å². The van der Waals surface area contributed by atoms with Crippen LogP contribution in [0.15, 0.2) is 12.1 Å². The molecule has 0 unspecified atom stereocenters. The van der Waals surface area contributed by atoms with Crippen LogP contribution in [0.25, 0.3) is 0 Å². The van der Waals surface area contributed by atoms with Crippen molar-refractivity contribution in [1.29, 1.82) is 0 Å². The molecule has 0 aliphatic rings. The van der Waals surface area contributed by atoms with Gasteiger partial charge in [0, 0.05) is 7.11 Å². The van der Waals surface area contributed by atoms with Crippen molar-refractivity contribution in [3.63, 3.8) is 0 Å². The van der Waals surface area contributed by atoms with Crippen molar-refractivity contribution in [2.75, 3.05) is 31.4 Å². The molecule has 0 aliphatic heterocycles. The fraction of sp³-hybridized carbons (Fsp3) is 0.583. The molecule has 1 rings (SSSR count). The van der Waals surface area contributed by atoms with Gasteiger partial charge in [0.2, 0.25) is 5.88 Å². The molecule has 0 fully saturated rings. The average molecular weight is 239 g/mol. The summed E-state index contributed by atoms with van der Waals surface area (Å²) in [4.78, 5) is 4.32. The van der Waals surface area contributed by atoms with Crippen LogP contribution < -0.4 is 15.8 Å². The molecule has 0 saturated heterocycles. The molecule has 0 atom stereocenters. The number of anilines is 2. The van der Waals surface area contributed by atoms with Crippen LogP contribution in [0, 0.1) is 0 Å². The van der Waals surface area contributed by atoms with Crippen LogP contribution in [0.2, 0.25) is 0 Å². The minimum atomic E-state index is -0.193. The Morgan fingerprint density at radius 2 is 2.12 bits per heavy atom. The number of nitrogens with two attached hydrogens (primary N) is 1. The van der Waals surface area contributed by atoms with Crippen LogP contribution >= 0.6 is 0 Å². The number of methoxy groups -OCH3 is 1. The van der Waals surface area contributed by atoms with Crippen molar-refractivity contribution in [2.45, 2.75) is 26.3 Å². The Hall–Kier alpha value is -1.49. The summed E-state index contributed by atoms with van der Waals surface area (Å²) in [5.74, 6) is 1.19. The van der Waals surface area contributed by atoms with Crippen LogP contribution in [0.4, 0.5) is 11.5 Å². The Labute approximate surface area is 102 Å². The van der Waals surface area contributed by atoms with Gasteiger partial charge in [-0.1, -0.05) is 0 Å². The summed E-state index contributed by atoms with van der Waals surface area (Å²) in [7, 11) is 1.67. The van der Waals surface area contributed by atoms with E-state index < -0.39 is 0 Å². The first-order valence-corrected chi connectivity index (χ1v) is 5.65. The predicted octanol–water partition coefficient (Wildman–Crippen LogP) is 1.90. The number of nitrogens with one attached hydrogen (secondary N) is 1. The summed E-state index contributed by atoms with van der Waals surface area (Å²) in [6.45, 7) is 7.10. The lowest BCUT2D eigenvalue weighted by Crippen LogP contribution is -2.36. The van der Waals surface area contributed by atoms with Gasteiger partial charge in [-0.05, 0) is 32.9 Å². The van der Waals surface area contributed by atoms with Crippen LogP contribution in [-0.4, -0.2) is 30.8 Å². The fourth-order valence-corrected chi connectivity index (χ4v) is 1.52. The van der Waals surface area contributed by atoms with Crippen molar-refractivity contribution in [3.8, 4) is 5.88 Å². The Morgan fingerprint density at radius 3 is 2.71 bits per heavy atom. The number of hydrogen-bond acceptors (Lipinski definition) is 5. The Bertz CT molecular complexity index is 367. The molecular formula is C12H21N3O2. The maximum absolute atomic E-state index is 5.76. The molecule has 0 spiro atoms. The Kier molecular flexibility index (Phi) is 4.57. The van der Waals surface area contributed by atoms with E-state index in [-0.39, 0.29) is 5.54 Å². The number of rotatable bonds is 6. The molecule has 0 aromatic carbocycles. The quantitative estimate of drug-likeness (QED) is 0.793. The number of nitrogens with zero attached hydrogens (tertiary/aromatic N) is 1. The lowest BCUT2D eigenvalue weighted by molar-refractivity contribution is 0.158. The van der Waals surface area contributed by atoms with E-state index in [9.17, 15) is 0 Å². The molecule has 0 radical (unpaired) electrons. The summed E-state index contributed by atoms with van der Waals surface area (Å²) in [5, 5.41) is 3.27. The van der Waals surface area contributed by atoms with Gasteiger partial charge in [-0.15, -0.1) is 0 Å². The molecule has 3 N–H and O–H groups in total. The molecule has 5 heteroatoms. The first kappa shape index (κ1) is 13.6. The summed E-state index contributed by atoms with van der Waals surface area (Å²) in [6.07, 6.45) is 0. The molecule has 1 aromatic heterocycles. The van der Waals surface area contributed by atoms with Crippen molar-refractivity contribution in [3.05, 3.63) is 12.1 Å². The molecule has 0 saturated carbocycles.